The van der Waals surface area contributed by atoms with Crippen molar-refractivity contribution in [3.05, 3.63) is 52.0 Å². The molecule has 1 atom stereocenters. The van der Waals surface area contributed by atoms with E-state index in [0.29, 0.717) is 28.3 Å². The Labute approximate surface area is 152 Å². The van der Waals surface area contributed by atoms with Gasteiger partial charge in [-0.05, 0) is 36.4 Å². The zero-order valence-electron chi connectivity index (χ0n) is 13.3. The normalized spacial score (nSPS) is 20.8. The number of hydrogen-bond acceptors (Lipinski definition) is 5. The van der Waals surface area contributed by atoms with Gasteiger partial charge in [0.1, 0.15) is 0 Å². The molecule has 2 aromatic carbocycles. The number of hydrogen-bond donors (Lipinski definition) is 1. The number of Topliss-reactive ketones (excluding diaryl/α,β-unsaturated/α-hetero) is 1. The molecule has 1 unspecified atom stereocenters. The van der Waals surface area contributed by atoms with E-state index in [-0.39, 0.29) is 19.0 Å². The highest BCUT2D eigenvalue weighted by Gasteiger charge is 2.49. The molecular weight excluding hydrogens is 390 g/mol. The summed E-state index contributed by atoms with van der Waals surface area (Å²) < 4.78 is 11.2. The molecule has 2 heterocycles. The summed E-state index contributed by atoms with van der Waals surface area (Å²) in [5.74, 6) is 0.183. The van der Waals surface area contributed by atoms with Crippen LogP contribution in [-0.4, -0.2) is 30.6 Å². The molecule has 6 nitrogen and oxygen atoms in total. The van der Waals surface area contributed by atoms with E-state index in [1.54, 1.807) is 43.4 Å². The Hall–Kier alpha value is -2.38. The lowest BCUT2D eigenvalue weighted by Crippen LogP contribution is -2.40. The number of ether oxygens (including phenoxy) is 2. The van der Waals surface area contributed by atoms with Gasteiger partial charge >= 0.3 is 0 Å². The minimum absolute atomic E-state index is 0.113. The molecule has 0 bridgehead atoms. The van der Waals surface area contributed by atoms with Gasteiger partial charge in [0.2, 0.25) is 6.79 Å². The number of carbonyl (C=O) groups is 2. The molecule has 0 fully saturated rings. The van der Waals surface area contributed by atoms with E-state index in [9.17, 15) is 14.7 Å². The second-order valence-electron chi connectivity index (χ2n) is 6.05. The SMILES string of the molecule is CN1C(=O)C(O)(CC(=O)c2ccc3c(c2)OCO3)c2cc(Br)ccc21. The van der Waals surface area contributed by atoms with Gasteiger partial charge in [0, 0.05) is 22.6 Å². The maximum absolute atomic E-state index is 12.7. The number of likely N-dealkylation sites (N-methyl/N-ethyl adjacent to an activating group) is 1. The van der Waals surface area contributed by atoms with Crippen molar-refractivity contribution in [3.8, 4) is 11.5 Å². The summed E-state index contributed by atoms with van der Waals surface area (Å²) in [6.07, 6.45) is -0.348. The Kier molecular flexibility index (Phi) is 3.59. The van der Waals surface area contributed by atoms with Crippen LogP contribution >= 0.6 is 15.9 Å². The van der Waals surface area contributed by atoms with Crippen LogP contribution in [0.1, 0.15) is 22.3 Å². The number of amides is 1. The van der Waals surface area contributed by atoms with Crippen molar-refractivity contribution in [2.45, 2.75) is 12.0 Å². The molecule has 0 radical (unpaired) electrons. The number of aliphatic hydroxyl groups is 1. The number of nitrogens with zero attached hydrogens (tertiary/aromatic N) is 1. The van der Waals surface area contributed by atoms with E-state index in [2.05, 4.69) is 15.9 Å². The van der Waals surface area contributed by atoms with Crippen molar-refractivity contribution in [1.82, 2.24) is 0 Å². The van der Waals surface area contributed by atoms with Crippen LogP contribution in [0.3, 0.4) is 0 Å². The average molecular weight is 404 g/mol. The van der Waals surface area contributed by atoms with Crippen LogP contribution in [0.25, 0.3) is 0 Å². The van der Waals surface area contributed by atoms with E-state index < -0.39 is 11.5 Å². The van der Waals surface area contributed by atoms with Crippen LogP contribution in [0.15, 0.2) is 40.9 Å². The predicted octanol–water partition coefficient (Wildman–Crippen LogP) is 2.61. The standard InChI is InChI=1S/C18H14BrNO5/c1-20-13-4-3-11(19)7-12(13)18(23,17(20)22)8-14(21)10-2-5-15-16(6-10)25-9-24-15/h2-7,23H,8-9H2,1H3. The summed E-state index contributed by atoms with van der Waals surface area (Å²) in [6, 6.07) is 10.0. The third-order valence-corrected chi connectivity index (χ3v) is 5.03. The second-order valence-corrected chi connectivity index (χ2v) is 6.97. The summed E-state index contributed by atoms with van der Waals surface area (Å²) in [7, 11) is 1.58. The van der Waals surface area contributed by atoms with Gasteiger partial charge in [-0.3, -0.25) is 9.59 Å². The summed E-state index contributed by atoms with van der Waals surface area (Å²) in [5, 5.41) is 11.0. The van der Waals surface area contributed by atoms with Crippen molar-refractivity contribution in [2.24, 2.45) is 0 Å². The zero-order chi connectivity index (χ0) is 17.8. The number of carbonyl (C=O) groups excluding carboxylic acids is 2. The van der Waals surface area contributed by atoms with Gasteiger partial charge in [-0.15, -0.1) is 0 Å². The smallest absolute Gasteiger partial charge is 0.263 e. The van der Waals surface area contributed by atoms with Crippen molar-refractivity contribution >= 4 is 33.3 Å². The largest absolute Gasteiger partial charge is 0.454 e. The van der Waals surface area contributed by atoms with Gasteiger partial charge in [-0.25, -0.2) is 0 Å². The van der Waals surface area contributed by atoms with Crippen molar-refractivity contribution in [1.29, 1.82) is 0 Å². The minimum Gasteiger partial charge on any atom is -0.454 e. The van der Waals surface area contributed by atoms with Gasteiger partial charge in [-0.1, -0.05) is 15.9 Å². The first kappa shape index (κ1) is 16.1. The lowest BCUT2D eigenvalue weighted by atomic mass is 9.88. The topological polar surface area (TPSA) is 76.1 Å². The molecule has 0 saturated heterocycles. The van der Waals surface area contributed by atoms with Gasteiger partial charge in [0.25, 0.3) is 5.91 Å². The third-order valence-electron chi connectivity index (χ3n) is 4.53. The Morgan fingerprint density at radius 1 is 1.24 bits per heavy atom. The third kappa shape index (κ3) is 2.42. The average Bonchev–Trinajstić information content (AvgIpc) is 3.13. The van der Waals surface area contributed by atoms with Crippen LogP contribution in [0.4, 0.5) is 5.69 Å². The summed E-state index contributed by atoms with van der Waals surface area (Å²) in [6.45, 7) is 0.113. The molecule has 1 N–H and O–H groups in total. The highest BCUT2D eigenvalue weighted by molar-refractivity contribution is 9.10. The van der Waals surface area contributed by atoms with E-state index >= 15 is 0 Å². The first-order valence-corrected chi connectivity index (χ1v) is 8.43. The Bertz CT molecular complexity index is 912. The van der Waals surface area contributed by atoms with Gasteiger partial charge in [0.15, 0.2) is 22.9 Å². The maximum Gasteiger partial charge on any atom is 0.263 e. The highest BCUT2D eigenvalue weighted by atomic mass is 79.9. The van der Waals surface area contributed by atoms with Crippen molar-refractivity contribution < 1.29 is 24.2 Å². The molecule has 2 aliphatic heterocycles. The van der Waals surface area contributed by atoms with Gasteiger partial charge in [0.05, 0.1) is 12.1 Å². The molecule has 2 aromatic rings. The first-order chi connectivity index (χ1) is 11.9. The van der Waals surface area contributed by atoms with Crippen LogP contribution in [0.5, 0.6) is 11.5 Å². The molecule has 25 heavy (non-hydrogen) atoms. The molecule has 2 aliphatic rings. The summed E-state index contributed by atoms with van der Waals surface area (Å²) in [5.41, 5.74) is -0.518. The van der Waals surface area contributed by atoms with Crippen molar-refractivity contribution in [3.63, 3.8) is 0 Å². The fourth-order valence-corrected chi connectivity index (χ4v) is 3.57. The van der Waals surface area contributed by atoms with Crippen LogP contribution in [0, 0.1) is 0 Å². The molecule has 0 saturated carbocycles. The van der Waals surface area contributed by atoms with Gasteiger partial charge in [-0.2, -0.15) is 0 Å². The Morgan fingerprint density at radius 3 is 2.80 bits per heavy atom. The second kappa shape index (κ2) is 5.57. The minimum atomic E-state index is -1.89. The number of fused-ring (bicyclic) bond motifs is 2. The number of anilines is 1. The number of benzene rings is 2. The molecule has 7 heteroatoms. The van der Waals surface area contributed by atoms with E-state index in [1.165, 1.54) is 4.90 Å². The fraction of sp³-hybridized carbons (Fsp3) is 0.222. The molecule has 0 spiro atoms. The first-order valence-electron chi connectivity index (χ1n) is 7.63. The molecule has 128 valence electrons. The summed E-state index contributed by atoms with van der Waals surface area (Å²) >= 11 is 3.35. The predicted molar refractivity (Wildman–Crippen MR) is 93.0 cm³/mol. The van der Waals surface area contributed by atoms with E-state index in [1.807, 2.05) is 0 Å². The number of ketones is 1. The summed E-state index contributed by atoms with van der Waals surface area (Å²) in [4.78, 5) is 26.7. The Morgan fingerprint density at radius 2 is 2.00 bits per heavy atom. The molecular formula is C18H14BrNO5. The van der Waals surface area contributed by atoms with Gasteiger partial charge < -0.3 is 19.5 Å². The highest BCUT2D eigenvalue weighted by Crippen LogP contribution is 2.43. The van der Waals surface area contributed by atoms with Crippen molar-refractivity contribution in [2.75, 3.05) is 18.7 Å². The van der Waals surface area contributed by atoms with E-state index in [4.69, 9.17) is 9.47 Å². The molecule has 0 aromatic heterocycles. The lowest BCUT2D eigenvalue weighted by Gasteiger charge is -2.21. The van der Waals surface area contributed by atoms with Crippen LogP contribution < -0.4 is 14.4 Å². The fourth-order valence-electron chi connectivity index (χ4n) is 3.21. The quantitative estimate of drug-likeness (QED) is 0.797. The van der Waals surface area contributed by atoms with Crippen LogP contribution in [0.2, 0.25) is 0 Å². The Balaban J connectivity index is 1.69. The zero-order valence-corrected chi connectivity index (χ0v) is 14.9. The molecule has 1 amide bonds. The lowest BCUT2D eigenvalue weighted by molar-refractivity contribution is -0.135. The number of rotatable bonds is 3. The monoisotopic (exact) mass is 403 g/mol. The van der Waals surface area contributed by atoms with E-state index in [0.717, 1.165) is 4.47 Å². The molecule has 0 aliphatic carbocycles. The van der Waals surface area contributed by atoms with Crippen LogP contribution in [-0.2, 0) is 10.4 Å². The maximum atomic E-state index is 12.7. The number of halogens is 1. The molecule has 4 rings (SSSR count).